The third-order valence-corrected chi connectivity index (χ3v) is 4.87. The normalized spacial score (nSPS) is 24.0. The molecule has 1 fully saturated rings. The number of aliphatic hydroxyl groups is 1. The van der Waals surface area contributed by atoms with E-state index in [1.54, 1.807) is 10.9 Å². The third kappa shape index (κ3) is 3.05. The van der Waals surface area contributed by atoms with E-state index in [0.29, 0.717) is 5.92 Å². The van der Waals surface area contributed by atoms with Crippen LogP contribution in [-0.4, -0.2) is 42.0 Å². The van der Waals surface area contributed by atoms with Crippen LogP contribution in [0.15, 0.2) is 36.7 Å². The van der Waals surface area contributed by atoms with Gasteiger partial charge in [-0.3, -0.25) is 4.68 Å². The summed E-state index contributed by atoms with van der Waals surface area (Å²) < 4.78 is 3.72. The van der Waals surface area contributed by atoms with E-state index in [1.165, 1.54) is 0 Å². The molecule has 2 heterocycles. The molecule has 7 heteroatoms. The Morgan fingerprint density at radius 1 is 1.33 bits per heavy atom. The Hall–Kier alpha value is -2.25. The molecule has 3 aromatic rings. The average molecular weight is 326 g/mol. The van der Waals surface area contributed by atoms with Crippen molar-refractivity contribution in [2.24, 2.45) is 13.0 Å². The van der Waals surface area contributed by atoms with Crippen molar-refractivity contribution in [3.05, 3.63) is 42.2 Å². The smallest absolute Gasteiger partial charge is 0.113 e. The van der Waals surface area contributed by atoms with Crippen molar-refractivity contribution in [3.8, 4) is 0 Å². The topological polar surface area (TPSA) is 80.8 Å². The van der Waals surface area contributed by atoms with E-state index in [-0.39, 0.29) is 12.1 Å². The van der Waals surface area contributed by atoms with Gasteiger partial charge in [0.15, 0.2) is 0 Å². The van der Waals surface area contributed by atoms with Gasteiger partial charge >= 0.3 is 0 Å². The van der Waals surface area contributed by atoms with Crippen LogP contribution in [0.2, 0.25) is 0 Å². The van der Waals surface area contributed by atoms with Crippen molar-refractivity contribution < 1.29 is 5.11 Å². The molecule has 1 aliphatic carbocycles. The highest BCUT2D eigenvalue weighted by molar-refractivity contribution is 5.74. The van der Waals surface area contributed by atoms with Gasteiger partial charge in [0, 0.05) is 38.6 Å². The van der Waals surface area contributed by atoms with Gasteiger partial charge in [-0.2, -0.15) is 5.10 Å². The molecule has 7 nitrogen and oxygen atoms in total. The molecular weight excluding hydrogens is 304 g/mol. The first-order valence-corrected chi connectivity index (χ1v) is 8.36. The Labute approximate surface area is 140 Å². The number of benzene rings is 1. The molecule has 1 aromatic carbocycles. The summed E-state index contributed by atoms with van der Waals surface area (Å²) in [6.07, 6.45) is 5.26. The number of aryl methyl sites for hydroxylation is 1. The lowest BCUT2D eigenvalue weighted by Gasteiger charge is -2.16. The molecule has 0 aliphatic heterocycles. The number of aromatic nitrogens is 5. The number of aliphatic hydroxyl groups excluding tert-OH is 1. The van der Waals surface area contributed by atoms with Crippen molar-refractivity contribution in [2.45, 2.75) is 38.1 Å². The summed E-state index contributed by atoms with van der Waals surface area (Å²) in [6, 6.07) is 8.24. The van der Waals surface area contributed by atoms with Gasteiger partial charge < -0.3 is 10.4 Å². The Kier molecular flexibility index (Phi) is 4.03. The summed E-state index contributed by atoms with van der Waals surface area (Å²) in [5, 5.41) is 26.3. The molecule has 0 bridgehead atoms. The first-order valence-electron chi connectivity index (χ1n) is 8.36. The summed E-state index contributed by atoms with van der Waals surface area (Å²) >= 11 is 0. The number of nitrogens with one attached hydrogen (secondary N) is 1. The van der Waals surface area contributed by atoms with Crippen molar-refractivity contribution in [2.75, 3.05) is 0 Å². The van der Waals surface area contributed by atoms with Crippen molar-refractivity contribution in [1.29, 1.82) is 0 Å². The lowest BCUT2D eigenvalue weighted by molar-refractivity contribution is 0.145. The number of nitrogens with zero attached hydrogens (tertiary/aromatic N) is 5. The molecule has 0 radical (unpaired) electrons. The summed E-state index contributed by atoms with van der Waals surface area (Å²) in [4.78, 5) is 0. The molecule has 24 heavy (non-hydrogen) atoms. The molecule has 0 spiro atoms. The molecule has 3 atom stereocenters. The van der Waals surface area contributed by atoms with Gasteiger partial charge in [-0.15, -0.1) is 5.10 Å². The summed E-state index contributed by atoms with van der Waals surface area (Å²) in [5.41, 5.74) is 3.09. The molecular formula is C17H22N6O. The standard InChI is InChI=1S/C17H22N6O/c1-22-16-4-3-12(7-14(16)20-21-22)10-18-15-8-13(9-17(15)24)11-23-6-2-5-19-23/h2-7,13,15,17-18,24H,8-11H2,1H3/t13?,15-,17-/m1/s1. The fraction of sp³-hybridized carbons (Fsp3) is 0.471. The van der Waals surface area contributed by atoms with Crippen molar-refractivity contribution in [3.63, 3.8) is 0 Å². The largest absolute Gasteiger partial charge is 0.391 e. The molecule has 1 aliphatic rings. The number of fused-ring (bicyclic) bond motifs is 1. The van der Waals surface area contributed by atoms with Gasteiger partial charge in [-0.1, -0.05) is 11.3 Å². The summed E-state index contributed by atoms with van der Waals surface area (Å²) in [7, 11) is 1.89. The Morgan fingerprint density at radius 3 is 3.08 bits per heavy atom. The molecule has 0 amide bonds. The molecule has 0 saturated heterocycles. The second-order valence-electron chi connectivity index (χ2n) is 6.66. The minimum atomic E-state index is -0.300. The lowest BCUT2D eigenvalue weighted by Crippen LogP contribution is -2.35. The highest BCUT2D eigenvalue weighted by Gasteiger charge is 2.32. The summed E-state index contributed by atoms with van der Waals surface area (Å²) in [5.74, 6) is 0.458. The maximum Gasteiger partial charge on any atom is 0.113 e. The zero-order chi connectivity index (χ0) is 16.5. The number of rotatable bonds is 5. The minimum Gasteiger partial charge on any atom is -0.391 e. The fourth-order valence-corrected chi connectivity index (χ4v) is 3.60. The number of hydrogen-bond acceptors (Lipinski definition) is 5. The minimum absolute atomic E-state index is 0.128. The average Bonchev–Trinajstić information content (AvgIpc) is 3.28. The Morgan fingerprint density at radius 2 is 2.25 bits per heavy atom. The van der Waals surface area contributed by atoms with Crippen molar-refractivity contribution in [1.82, 2.24) is 30.1 Å². The van der Waals surface area contributed by atoms with Crippen molar-refractivity contribution >= 4 is 11.0 Å². The summed E-state index contributed by atoms with van der Waals surface area (Å²) in [6.45, 7) is 1.59. The molecule has 126 valence electrons. The quantitative estimate of drug-likeness (QED) is 0.734. The first-order chi connectivity index (χ1) is 11.7. The number of hydrogen-bond donors (Lipinski definition) is 2. The van der Waals surface area contributed by atoms with E-state index < -0.39 is 0 Å². The van der Waals surface area contributed by atoms with Crippen LogP contribution >= 0.6 is 0 Å². The van der Waals surface area contributed by atoms with E-state index in [9.17, 15) is 5.11 Å². The molecule has 2 aromatic heterocycles. The van der Waals surface area contributed by atoms with Gasteiger partial charge in [0.25, 0.3) is 0 Å². The SMILES string of the molecule is Cn1nnc2cc(CN[C@@H]3CC(Cn4cccn4)C[C@H]3O)ccc21. The lowest BCUT2D eigenvalue weighted by atomic mass is 10.1. The predicted molar refractivity (Wildman–Crippen MR) is 90.1 cm³/mol. The van der Waals surface area contributed by atoms with Gasteiger partial charge in [0.1, 0.15) is 5.52 Å². The van der Waals surface area contributed by atoms with E-state index in [0.717, 1.165) is 42.5 Å². The van der Waals surface area contributed by atoms with Gasteiger partial charge in [-0.05, 0) is 42.5 Å². The van der Waals surface area contributed by atoms with E-state index in [2.05, 4.69) is 32.9 Å². The van der Waals surface area contributed by atoms with E-state index >= 15 is 0 Å². The molecule has 2 N–H and O–H groups in total. The fourth-order valence-electron chi connectivity index (χ4n) is 3.60. The van der Waals surface area contributed by atoms with Crippen LogP contribution in [0, 0.1) is 5.92 Å². The molecule has 1 unspecified atom stereocenters. The first kappa shape index (κ1) is 15.3. The van der Waals surface area contributed by atoms with E-state index in [4.69, 9.17) is 0 Å². The van der Waals surface area contributed by atoms with Crippen LogP contribution in [0.4, 0.5) is 0 Å². The zero-order valence-corrected chi connectivity index (χ0v) is 13.7. The van der Waals surface area contributed by atoms with Crippen LogP contribution in [0.3, 0.4) is 0 Å². The van der Waals surface area contributed by atoms with Crippen LogP contribution < -0.4 is 5.32 Å². The monoisotopic (exact) mass is 326 g/mol. The van der Waals surface area contributed by atoms with Crippen LogP contribution in [0.5, 0.6) is 0 Å². The maximum atomic E-state index is 10.3. The van der Waals surface area contributed by atoms with Crippen LogP contribution in [-0.2, 0) is 20.1 Å². The van der Waals surface area contributed by atoms with Crippen LogP contribution in [0.1, 0.15) is 18.4 Å². The van der Waals surface area contributed by atoms with Gasteiger partial charge in [0.05, 0.1) is 11.6 Å². The molecule has 1 saturated carbocycles. The predicted octanol–water partition coefficient (Wildman–Crippen LogP) is 1.09. The zero-order valence-electron chi connectivity index (χ0n) is 13.7. The van der Waals surface area contributed by atoms with E-state index in [1.807, 2.05) is 30.1 Å². The van der Waals surface area contributed by atoms with Gasteiger partial charge in [0.2, 0.25) is 0 Å². The maximum absolute atomic E-state index is 10.3. The van der Waals surface area contributed by atoms with Crippen LogP contribution in [0.25, 0.3) is 11.0 Å². The molecule has 4 rings (SSSR count). The third-order valence-electron chi connectivity index (χ3n) is 4.87. The second kappa shape index (κ2) is 6.33. The second-order valence-corrected chi connectivity index (χ2v) is 6.66. The van der Waals surface area contributed by atoms with Gasteiger partial charge in [-0.25, -0.2) is 4.68 Å². The highest BCUT2D eigenvalue weighted by Crippen LogP contribution is 2.27. The highest BCUT2D eigenvalue weighted by atomic mass is 16.3. The Bertz CT molecular complexity index is 812. The Balaban J connectivity index is 1.36.